The number of piperazine rings is 1. The van der Waals surface area contributed by atoms with E-state index in [1.807, 2.05) is 41.3 Å². The molecule has 6 nitrogen and oxygen atoms in total. The van der Waals surface area contributed by atoms with Gasteiger partial charge < -0.3 is 14.7 Å². The highest BCUT2D eigenvalue weighted by Gasteiger charge is 2.38. The van der Waals surface area contributed by atoms with Gasteiger partial charge in [-0.25, -0.2) is 4.98 Å². The highest BCUT2D eigenvalue weighted by Crippen LogP contribution is 2.29. The summed E-state index contributed by atoms with van der Waals surface area (Å²) in [7, 11) is 0. The molecule has 0 spiro atoms. The molecule has 152 valence electrons. The molecule has 7 heteroatoms. The van der Waals surface area contributed by atoms with Crippen molar-refractivity contribution in [3.63, 3.8) is 0 Å². The highest BCUT2D eigenvalue weighted by molar-refractivity contribution is 6.30. The van der Waals surface area contributed by atoms with Crippen LogP contribution in [0, 0.1) is 5.92 Å². The molecule has 1 atom stereocenters. The summed E-state index contributed by atoms with van der Waals surface area (Å²) in [4.78, 5) is 35.9. The number of aromatic nitrogens is 1. The van der Waals surface area contributed by atoms with Crippen molar-refractivity contribution < 1.29 is 9.59 Å². The van der Waals surface area contributed by atoms with Gasteiger partial charge in [-0.2, -0.15) is 0 Å². The molecule has 1 unspecified atom stereocenters. The van der Waals surface area contributed by atoms with Crippen LogP contribution in [0.2, 0.25) is 5.02 Å². The lowest BCUT2D eigenvalue weighted by molar-refractivity contribution is -0.136. The molecule has 3 heterocycles. The molecule has 2 aromatic rings. The predicted molar refractivity (Wildman–Crippen MR) is 114 cm³/mol. The van der Waals surface area contributed by atoms with E-state index in [0.29, 0.717) is 24.7 Å². The summed E-state index contributed by atoms with van der Waals surface area (Å²) in [5.41, 5.74) is 2.08. The van der Waals surface area contributed by atoms with E-state index in [0.717, 1.165) is 36.6 Å². The van der Waals surface area contributed by atoms with Gasteiger partial charge in [0.25, 0.3) is 0 Å². The minimum absolute atomic E-state index is 0.0354. The van der Waals surface area contributed by atoms with Gasteiger partial charge in [0, 0.05) is 51.0 Å². The van der Waals surface area contributed by atoms with Crippen LogP contribution in [0.4, 0.5) is 11.5 Å². The molecule has 2 aliphatic rings. The fourth-order valence-corrected chi connectivity index (χ4v) is 4.26. The minimum Gasteiger partial charge on any atom is -0.353 e. The maximum atomic E-state index is 13.1. The smallest absolute Gasteiger partial charge is 0.228 e. The van der Waals surface area contributed by atoms with Crippen molar-refractivity contribution in [2.24, 2.45) is 5.92 Å². The van der Waals surface area contributed by atoms with Gasteiger partial charge in [0.2, 0.25) is 11.8 Å². The minimum atomic E-state index is -0.271. The van der Waals surface area contributed by atoms with Crippen molar-refractivity contribution in [1.82, 2.24) is 9.88 Å². The molecular weight excluding hydrogens is 388 g/mol. The molecule has 1 aromatic carbocycles. The Hall–Kier alpha value is -2.60. The highest BCUT2D eigenvalue weighted by atomic mass is 35.5. The first-order valence-corrected chi connectivity index (χ1v) is 10.5. The molecule has 4 rings (SSSR count). The van der Waals surface area contributed by atoms with Crippen LogP contribution >= 0.6 is 11.6 Å². The van der Waals surface area contributed by atoms with E-state index in [1.165, 1.54) is 0 Å². The van der Waals surface area contributed by atoms with E-state index in [4.69, 9.17) is 11.6 Å². The van der Waals surface area contributed by atoms with Gasteiger partial charge in [0.1, 0.15) is 5.82 Å². The van der Waals surface area contributed by atoms with Gasteiger partial charge in [-0.1, -0.05) is 36.7 Å². The standard InChI is InChI=1S/C22H25ClN4O2/c1-2-16-5-3-4-6-19(16)27-15-17(13-21(27)28)22(29)26-11-9-25(10-12-26)20-8-7-18(23)14-24-20/h3-8,14,17H,2,9-13,15H2,1H3. The van der Waals surface area contributed by atoms with E-state index < -0.39 is 0 Å². The number of amides is 2. The van der Waals surface area contributed by atoms with Crippen LogP contribution in [0.25, 0.3) is 0 Å². The number of nitrogens with zero attached hydrogens (tertiary/aromatic N) is 4. The number of benzene rings is 1. The molecular formula is C22H25ClN4O2. The molecule has 0 radical (unpaired) electrons. The van der Waals surface area contributed by atoms with E-state index in [-0.39, 0.29) is 24.2 Å². The second kappa shape index (κ2) is 8.41. The molecule has 2 amide bonds. The third-order valence-corrected chi connectivity index (χ3v) is 5.99. The van der Waals surface area contributed by atoms with Crippen LogP contribution in [0.3, 0.4) is 0 Å². The Morgan fingerprint density at radius 1 is 1.14 bits per heavy atom. The Balaban J connectivity index is 1.38. The number of carbonyl (C=O) groups excluding carboxylic acids is 2. The van der Waals surface area contributed by atoms with Crippen molar-refractivity contribution >= 4 is 34.9 Å². The third-order valence-electron chi connectivity index (χ3n) is 5.76. The zero-order valence-electron chi connectivity index (χ0n) is 16.6. The maximum absolute atomic E-state index is 13.1. The zero-order valence-corrected chi connectivity index (χ0v) is 17.3. The SMILES string of the molecule is CCc1ccccc1N1CC(C(=O)N2CCN(c3ccc(Cl)cn3)CC2)CC1=O. The van der Waals surface area contributed by atoms with Crippen molar-refractivity contribution in [3.8, 4) is 0 Å². The van der Waals surface area contributed by atoms with Crippen LogP contribution in [0.5, 0.6) is 0 Å². The Labute approximate surface area is 176 Å². The lowest BCUT2D eigenvalue weighted by Crippen LogP contribution is -2.51. The lowest BCUT2D eigenvalue weighted by atomic mass is 10.1. The summed E-state index contributed by atoms with van der Waals surface area (Å²) in [6, 6.07) is 11.7. The van der Waals surface area contributed by atoms with Crippen molar-refractivity contribution in [1.29, 1.82) is 0 Å². The van der Waals surface area contributed by atoms with Gasteiger partial charge in [0.15, 0.2) is 0 Å². The second-order valence-corrected chi connectivity index (χ2v) is 7.97. The third kappa shape index (κ3) is 4.08. The number of rotatable bonds is 4. The normalized spacial score (nSPS) is 19.7. The zero-order chi connectivity index (χ0) is 20.4. The average molecular weight is 413 g/mol. The molecule has 29 heavy (non-hydrogen) atoms. The number of hydrogen-bond donors (Lipinski definition) is 0. The molecule has 1 aromatic heterocycles. The maximum Gasteiger partial charge on any atom is 0.228 e. The average Bonchev–Trinajstić information content (AvgIpc) is 3.15. The van der Waals surface area contributed by atoms with Crippen LogP contribution in [0.15, 0.2) is 42.6 Å². The van der Waals surface area contributed by atoms with Crippen molar-refractivity contribution in [2.75, 3.05) is 42.5 Å². The molecule has 0 aliphatic carbocycles. The molecule has 0 saturated carbocycles. The summed E-state index contributed by atoms with van der Waals surface area (Å²) in [5, 5.41) is 0.614. The summed E-state index contributed by atoms with van der Waals surface area (Å²) < 4.78 is 0. The van der Waals surface area contributed by atoms with Crippen LogP contribution in [-0.2, 0) is 16.0 Å². The summed E-state index contributed by atoms with van der Waals surface area (Å²) in [6.45, 7) is 5.27. The van der Waals surface area contributed by atoms with E-state index in [9.17, 15) is 9.59 Å². The fourth-order valence-electron chi connectivity index (χ4n) is 4.15. The lowest BCUT2D eigenvalue weighted by Gasteiger charge is -2.36. The number of hydrogen-bond acceptors (Lipinski definition) is 4. The Morgan fingerprint density at radius 2 is 1.90 bits per heavy atom. The summed E-state index contributed by atoms with van der Waals surface area (Å²) in [6.07, 6.45) is 2.79. The molecule has 0 bridgehead atoms. The van der Waals surface area contributed by atoms with E-state index in [1.54, 1.807) is 11.1 Å². The van der Waals surface area contributed by atoms with Crippen LogP contribution in [0.1, 0.15) is 18.9 Å². The van der Waals surface area contributed by atoms with Gasteiger partial charge in [-0.3, -0.25) is 9.59 Å². The largest absolute Gasteiger partial charge is 0.353 e. The number of anilines is 2. The van der Waals surface area contributed by atoms with Crippen LogP contribution in [-0.4, -0.2) is 54.4 Å². The number of carbonyl (C=O) groups is 2. The quantitative estimate of drug-likeness (QED) is 0.774. The van der Waals surface area contributed by atoms with Gasteiger partial charge in [-0.15, -0.1) is 0 Å². The van der Waals surface area contributed by atoms with E-state index >= 15 is 0 Å². The summed E-state index contributed by atoms with van der Waals surface area (Å²) >= 11 is 5.91. The first-order valence-electron chi connectivity index (χ1n) is 10.1. The topological polar surface area (TPSA) is 56.8 Å². The number of halogens is 1. The predicted octanol–water partition coefficient (Wildman–Crippen LogP) is 3.00. The second-order valence-electron chi connectivity index (χ2n) is 7.53. The molecule has 2 saturated heterocycles. The van der Waals surface area contributed by atoms with Crippen molar-refractivity contribution in [3.05, 3.63) is 53.2 Å². The van der Waals surface area contributed by atoms with E-state index in [2.05, 4.69) is 16.8 Å². The summed E-state index contributed by atoms with van der Waals surface area (Å²) in [5.74, 6) is 0.722. The van der Waals surface area contributed by atoms with Gasteiger partial charge in [-0.05, 0) is 30.2 Å². The first kappa shape index (κ1) is 19.7. The fraction of sp³-hybridized carbons (Fsp3) is 0.409. The number of para-hydroxylation sites is 1. The molecule has 2 aliphatic heterocycles. The molecule has 0 N–H and O–H groups in total. The van der Waals surface area contributed by atoms with Crippen molar-refractivity contribution in [2.45, 2.75) is 19.8 Å². The van der Waals surface area contributed by atoms with Gasteiger partial charge in [0.05, 0.1) is 10.9 Å². The van der Waals surface area contributed by atoms with Crippen LogP contribution < -0.4 is 9.80 Å². The Kier molecular flexibility index (Phi) is 5.72. The van der Waals surface area contributed by atoms with Gasteiger partial charge >= 0.3 is 0 Å². The monoisotopic (exact) mass is 412 g/mol. The number of pyridine rings is 1. The number of aryl methyl sites for hydroxylation is 1. The Morgan fingerprint density at radius 3 is 2.59 bits per heavy atom. The molecule has 2 fully saturated rings. The Bertz CT molecular complexity index is 894. The first-order chi connectivity index (χ1) is 14.1.